The molecule has 0 saturated heterocycles. The molecule has 4 aromatic rings. The van der Waals surface area contributed by atoms with Crippen molar-refractivity contribution in [3.63, 3.8) is 0 Å². The molecule has 0 spiro atoms. The molecule has 0 fully saturated rings. The van der Waals surface area contributed by atoms with E-state index in [2.05, 4.69) is 10.6 Å². The molecule has 0 atom stereocenters. The number of hydrogen-bond acceptors (Lipinski definition) is 7. The number of carbonyl (C=O) groups excluding carboxylic acids is 2. The molecule has 0 aromatic heterocycles. The van der Waals surface area contributed by atoms with Crippen LogP contribution in [-0.2, 0) is 36.6 Å². The third kappa shape index (κ3) is 9.78. The van der Waals surface area contributed by atoms with Crippen LogP contribution in [0.1, 0.15) is 11.1 Å². The molecule has 7 nitrogen and oxygen atoms in total. The van der Waals surface area contributed by atoms with E-state index in [0.29, 0.717) is 42.8 Å². The lowest BCUT2D eigenvalue weighted by Gasteiger charge is -2.14. The first-order chi connectivity index (χ1) is 20.8. The van der Waals surface area contributed by atoms with Gasteiger partial charge in [0.1, 0.15) is 13.2 Å². The van der Waals surface area contributed by atoms with Crippen LogP contribution in [0.4, 0.5) is 22.7 Å². The lowest BCUT2D eigenvalue weighted by molar-refractivity contribution is -0.145. The fraction of sp³-hybridized carbons (Fsp3) is 0.188. The van der Waals surface area contributed by atoms with E-state index in [0.717, 1.165) is 11.1 Å². The van der Waals surface area contributed by atoms with Crippen molar-refractivity contribution >= 4 is 81.1 Å². The smallest absolute Gasteiger partial charge is 0.310 e. The monoisotopic (exact) mass is 660 g/mol. The zero-order chi connectivity index (χ0) is 30.6. The molecule has 0 aliphatic heterocycles. The van der Waals surface area contributed by atoms with Crippen molar-refractivity contribution in [3.8, 4) is 0 Å². The van der Waals surface area contributed by atoms with Gasteiger partial charge in [-0.15, -0.1) is 0 Å². The third-order valence-corrected chi connectivity index (χ3v) is 7.39. The lowest BCUT2D eigenvalue weighted by Crippen LogP contribution is -2.16. The van der Waals surface area contributed by atoms with Gasteiger partial charge in [0.15, 0.2) is 0 Å². The van der Waals surface area contributed by atoms with Gasteiger partial charge in [0.2, 0.25) is 0 Å². The van der Waals surface area contributed by atoms with Crippen LogP contribution in [0.25, 0.3) is 0 Å². The van der Waals surface area contributed by atoms with Crippen molar-refractivity contribution in [2.45, 2.75) is 12.8 Å². The van der Waals surface area contributed by atoms with E-state index in [1.807, 2.05) is 48.5 Å². The number of hydrogen-bond donors (Lipinski definition) is 2. The maximum absolute atomic E-state index is 12.4. The summed E-state index contributed by atoms with van der Waals surface area (Å²) in [5.41, 5.74) is 3.95. The molecule has 2 N–H and O–H groups in total. The molecule has 0 saturated carbocycles. The van der Waals surface area contributed by atoms with Gasteiger partial charge in [-0.1, -0.05) is 94.9 Å². The topological polar surface area (TPSA) is 85.9 Å². The van der Waals surface area contributed by atoms with Gasteiger partial charge in [-0.2, -0.15) is 0 Å². The average Bonchev–Trinajstić information content (AvgIpc) is 2.98. The molecule has 0 unspecified atom stereocenters. The SMILES string of the molecule is O=C(Cc1ccccc1Nc1c(Cl)cccc1Cl)OCCOCCOC(=O)Cc1ccccc1Nc1c(Cl)cccc1Cl. The van der Waals surface area contributed by atoms with Crippen molar-refractivity contribution in [2.24, 2.45) is 0 Å². The van der Waals surface area contributed by atoms with Gasteiger partial charge in [-0.05, 0) is 47.5 Å². The molecule has 4 aromatic carbocycles. The van der Waals surface area contributed by atoms with Gasteiger partial charge in [0.05, 0.1) is 57.5 Å². The first kappa shape index (κ1) is 32.5. The predicted molar refractivity (Wildman–Crippen MR) is 173 cm³/mol. The number of para-hydroxylation sites is 4. The van der Waals surface area contributed by atoms with Gasteiger partial charge >= 0.3 is 11.9 Å². The molecular weight excluding hydrogens is 634 g/mol. The molecule has 11 heteroatoms. The molecule has 0 aliphatic rings. The minimum absolute atomic E-state index is 0.0435. The fourth-order valence-electron chi connectivity index (χ4n) is 4.04. The van der Waals surface area contributed by atoms with Crippen LogP contribution in [0.5, 0.6) is 0 Å². The second-order valence-corrected chi connectivity index (χ2v) is 10.8. The molecule has 0 aliphatic carbocycles. The molecule has 0 radical (unpaired) electrons. The van der Waals surface area contributed by atoms with E-state index in [1.54, 1.807) is 36.4 Å². The summed E-state index contributed by atoms with van der Waals surface area (Å²) in [6.07, 6.45) is 0.0870. The quantitative estimate of drug-likeness (QED) is 0.103. The molecule has 0 amide bonds. The maximum Gasteiger partial charge on any atom is 0.310 e. The summed E-state index contributed by atoms with van der Waals surface area (Å²) < 4.78 is 16.1. The Morgan fingerprint density at radius 1 is 0.512 bits per heavy atom. The minimum atomic E-state index is -0.417. The molecule has 0 heterocycles. The normalized spacial score (nSPS) is 10.7. The van der Waals surface area contributed by atoms with Crippen LogP contribution in [-0.4, -0.2) is 38.4 Å². The zero-order valence-corrected chi connectivity index (χ0v) is 25.9. The molecular formula is C32H28Cl4N2O5. The van der Waals surface area contributed by atoms with Crippen molar-refractivity contribution in [1.82, 2.24) is 0 Å². The Bertz CT molecular complexity index is 1410. The first-order valence-electron chi connectivity index (χ1n) is 13.3. The maximum atomic E-state index is 12.4. The Hall–Kier alpha value is -3.46. The summed E-state index contributed by atoms with van der Waals surface area (Å²) in [6.45, 7) is 0.429. The third-order valence-electron chi connectivity index (χ3n) is 6.13. The summed E-state index contributed by atoms with van der Waals surface area (Å²) >= 11 is 25.1. The summed E-state index contributed by atoms with van der Waals surface area (Å²) in [7, 11) is 0. The Kier molecular flexibility index (Phi) is 12.4. The number of ether oxygens (including phenoxy) is 3. The Labute approximate surface area is 269 Å². The van der Waals surface area contributed by atoms with E-state index in [4.69, 9.17) is 60.6 Å². The second kappa shape index (κ2) is 16.4. The summed E-state index contributed by atoms with van der Waals surface area (Å²) in [5, 5.41) is 8.25. The largest absolute Gasteiger partial charge is 0.463 e. The van der Waals surface area contributed by atoms with Crippen LogP contribution < -0.4 is 10.6 Å². The van der Waals surface area contributed by atoms with Gasteiger partial charge < -0.3 is 24.8 Å². The summed E-state index contributed by atoms with van der Waals surface area (Å²) in [4.78, 5) is 24.9. The van der Waals surface area contributed by atoms with Crippen LogP contribution in [0.3, 0.4) is 0 Å². The van der Waals surface area contributed by atoms with E-state index in [9.17, 15) is 9.59 Å². The highest BCUT2D eigenvalue weighted by atomic mass is 35.5. The Morgan fingerprint density at radius 3 is 1.28 bits per heavy atom. The Balaban J connectivity index is 1.15. The van der Waals surface area contributed by atoms with Crippen molar-refractivity contribution in [3.05, 3.63) is 116 Å². The predicted octanol–water partition coefficient (Wildman–Crippen LogP) is 8.68. The van der Waals surface area contributed by atoms with Crippen LogP contribution in [0.15, 0.2) is 84.9 Å². The van der Waals surface area contributed by atoms with E-state index < -0.39 is 11.9 Å². The number of anilines is 4. The standard InChI is InChI=1S/C32H28Cl4N2O5/c33-23-9-5-10-24(34)31(23)37-27-13-3-1-7-21(27)19-29(39)42-17-15-41-16-18-43-30(40)20-22-8-2-4-14-28(22)38-32-25(35)11-6-12-26(32)36/h1-14,37-38H,15-20H2. The molecule has 43 heavy (non-hydrogen) atoms. The van der Waals surface area contributed by atoms with Crippen molar-refractivity contribution in [2.75, 3.05) is 37.1 Å². The van der Waals surface area contributed by atoms with E-state index in [-0.39, 0.29) is 39.3 Å². The summed E-state index contributed by atoms with van der Waals surface area (Å²) in [5.74, 6) is -0.834. The number of halogens is 4. The van der Waals surface area contributed by atoms with Crippen molar-refractivity contribution < 1.29 is 23.8 Å². The number of rotatable bonds is 14. The fourth-order valence-corrected chi connectivity index (χ4v) is 5.02. The highest BCUT2D eigenvalue weighted by Crippen LogP contribution is 2.35. The number of carbonyl (C=O) groups is 2. The molecule has 0 bridgehead atoms. The number of nitrogens with one attached hydrogen (secondary N) is 2. The minimum Gasteiger partial charge on any atom is -0.463 e. The highest BCUT2D eigenvalue weighted by molar-refractivity contribution is 6.39. The van der Waals surface area contributed by atoms with E-state index in [1.165, 1.54) is 0 Å². The first-order valence-corrected chi connectivity index (χ1v) is 14.8. The van der Waals surface area contributed by atoms with Gasteiger partial charge in [-0.3, -0.25) is 9.59 Å². The highest BCUT2D eigenvalue weighted by Gasteiger charge is 2.14. The number of esters is 2. The van der Waals surface area contributed by atoms with Crippen LogP contribution in [0, 0.1) is 0 Å². The summed E-state index contributed by atoms with van der Waals surface area (Å²) in [6, 6.07) is 25.1. The molecule has 224 valence electrons. The zero-order valence-electron chi connectivity index (χ0n) is 22.9. The number of benzene rings is 4. The lowest BCUT2D eigenvalue weighted by atomic mass is 10.1. The van der Waals surface area contributed by atoms with Crippen LogP contribution in [0.2, 0.25) is 20.1 Å². The average molecular weight is 662 g/mol. The van der Waals surface area contributed by atoms with Crippen molar-refractivity contribution in [1.29, 1.82) is 0 Å². The molecule has 4 rings (SSSR count). The van der Waals surface area contributed by atoms with E-state index >= 15 is 0 Å². The van der Waals surface area contributed by atoms with Gasteiger partial charge in [0.25, 0.3) is 0 Å². The van der Waals surface area contributed by atoms with Gasteiger partial charge in [-0.25, -0.2) is 0 Å². The van der Waals surface area contributed by atoms with Crippen LogP contribution >= 0.6 is 46.4 Å². The second-order valence-electron chi connectivity index (χ2n) is 9.16. The Morgan fingerprint density at radius 2 is 0.884 bits per heavy atom. The van der Waals surface area contributed by atoms with Gasteiger partial charge in [0, 0.05) is 11.4 Å².